The standard InChI is InChI=1S/C18H19FN4O.C2H6/c1-11-16(21-10-20-11)9-13-17-12(5-4-8-23(2)3)14(19)6-7-15(17)22-18(13)24;1-2/h4-7,9-10H,8H2,1-3H3,(H,20,21)(H,22,24);1-2H3/b5-4?,13-9-;. The lowest BCUT2D eigenvalue weighted by Gasteiger charge is -2.07. The van der Waals surface area contributed by atoms with Gasteiger partial charge in [-0.15, -0.1) is 0 Å². The Bertz CT molecular complexity index is 849. The molecule has 0 saturated carbocycles. The van der Waals surface area contributed by atoms with Crippen molar-refractivity contribution in [2.45, 2.75) is 20.8 Å². The van der Waals surface area contributed by atoms with Gasteiger partial charge in [-0.3, -0.25) is 4.79 Å². The zero-order chi connectivity index (χ0) is 19.3. The molecule has 1 amide bonds. The number of hydrogen-bond acceptors (Lipinski definition) is 3. The first-order valence-corrected chi connectivity index (χ1v) is 8.64. The first-order valence-electron chi connectivity index (χ1n) is 8.64. The van der Waals surface area contributed by atoms with E-state index in [1.54, 1.807) is 24.5 Å². The fourth-order valence-electron chi connectivity index (χ4n) is 2.63. The predicted octanol–water partition coefficient (Wildman–Crippen LogP) is 3.95. The van der Waals surface area contributed by atoms with Crippen molar-refractivity contribution in [3.63, 3.8) is 0 Å². The summed E-state index contributed by atoms with van der Waals surface area (Å²) in [6.45, 7) is 6.55. The van der Waals surface area contributed by atoms with Crippen LogP contribution in [-0.4, -0.2) is 41.4 Å². The maximum atomic E-state index is 14.4. The van der Waals surface area contributed by atoms with E-state index in [-0.39, 0.29) is 11.7 Å². The van der Waals surface area contributed by atoms with Crippen LogP contribution in [0.25, 0.3) is 17.7 Å². The van der Waals surface area contributed by atoms with Crippen LogP contribution in [0.1, 0.15) is 36.4 Å². The highest BCUT2D eigenvalue weighted by atomic mass is 19.1. The number of benzene rings is 1. The van der Waals surface area contributed by atoms with Gasteiger partial charge in [0.1, 0.15) is 5.82 Å². The van der Waals surface area contributed by atoms with E-state index in [1.165, 1.54) is 6.07 Å². The Kier molecular flexibility index (Phi) is 6.46. The van der Waals surface area contributed by atoms with Gasteiger partial charge in [0.25, 0.3) is 5.91 Å². The van der Waals surface area contributed by atoms with E-state index >= 15 is 0 Å². The van der Waals surface area contributed by atoms with Crippen LogP contribution in [0.3, 0.4) is 0 Å². The molecular weight excluding hydrogens is 331 g/mol. The summed E-state index contributed by atoms with van der Waals surface area (Å²) >= 11 is 0. The molecule has 0 radical (unpaired) electrons. The number of nitrogens with zero attached hydrogens (tertiary/aromatic N) is 2. The molecule has 0 bridgehead atoms. The second-order valence-electron chi connectivity index (χ2n) is 5.97. The number of carbonyl (C=O) groups excluding carboxylic acids is 1. The number of halogens is 1. The number of fused-ring (bicyclic) bond motifs is 1. The summed E-state index contributed by atoms with van der Waals surface area (Å²) in [6.07, 6.45) is 6.85. The third-order valence-electron chi connectivity index (χ3n) is 3.86. The largest absolute Gasteiger partial charge is 0.348 e. The number of rotatable bonds is 4. The number of H-pyrrole nitrogens is 1. The molecule has 0 atom stereocenters. The van der Waals surface area contributed by atoms with Crippen molar-refractivity contribution in [3.8, 4) is 0 Å². The van der Waals surface area contributed by atoms with Gasteiger partial charge in [0.15, 0.2) is 0 Å². The molecule has 138 valence electrons. The van der Waals surface area contributed by atoms with Gasteiger partial charge in [-0.05, 0) is 39.2 Å². The third kappa shape index (κ3) is 4.08. The van der Waals surface area contributed by atoms with E-state index in [4.69, 9.17) is 0 Å². The molecule has 2 aromatic rings. The van der Waals surface area contributed by atoms with Crippen molar-refractivity contribution in [2.75, 3.05) is 26.0 Å². The number of carbonyl (C=O) groups is 1. The molecule has 0 unspecified atom stereocenters. The van der Waals surface area contributed by atoms with Gasteiger partial charge < -0.3 is 15.2 Å². The quantitative estimate of drug-likeness (QED) is 0.816. The summed E-state index contributed by atoms with van der Waals surface area (Å²) in [7, 11) is 3.87. The average molecular weight is 356 g/mol. The minimum Gasteiger partial charge on any atom is -0.348 e. The Morgan fingerprint density at radius 3 is 2.62 bits per heavy atom. The van der Waals surface area contributed by atoms with Gasteiger partial charge in [0, 0.05) is 29.1 Å². The van der Waals surface area contributed by atoms with Crippen LogP contribution in [0.4, 0.5) is 10.1 Å². The van der Waals surface area contributed by atoms with E-state index in [0.717, 1.165) is 5.69 Å². The normalized spacial score (nSPS) is 14.6. The highest BCUT2D eigenvalue weighted by Gasteiger charge is 2.28. The summed E-state index contributed by atoms with van der Waals surface area (Å²) in [5, 5.41) is 2.79. The Morgan fingerprint density at radius 2 is 2.00 bits per heavy atom. The van der Waals surface area contributed by atoms with E-state index in [0.29, 0.717) is 34.6 Å². The smallest absolute Gasteiger partial charge is 0.256 e. The highest BCUT2D eigenvalue weighted by Crippen LogP contribution is 2.37. The molecule has 0 fully saturated rings. The summed E-state index contributed by atoms with van der Waals surface area (Å²) in [5.74, 6) is -0.606. The Hall–Kier alpha value is -2.73. The lowest BCUT2D eigenvalue weighted by atomic mass is 9.98. The lowest BCUT2D eigenvalue weighted by Crippen LogP contribution is -2.10. The Morgan fingerprint density at radius 1 is 1.27 bits per heavy atom. The summed E-state index contributed by atoms with van der Waals surface area (Å²) in [4.78, 5) is 21.5. The maximum absolute atomic E-state index is 14.4. The van der Waals surface area contributed by atoms with Crippen molar-refractivity contribution in [3.05, 3.63) is 52.9 Å². The first-order chi connectivity index (χ1) is 12.5. The van der Waals surface area contributed by atoms with Gasteiger partial charge >= 0.3 is 0 Å². The molecule has 0 aliphatic carbocycles. The molecule has 5 nitrogen and oxygen atoms in total. The van der Waals surface area contributed by atoms with E-state index in [1.807, 2.05) is 45.8 Å². The molecular formula is C20H25FN4O. The van der Waals surface area contributed by atoms with Crippen LogP contribution in [0.5, 0.6) is 0 Å². The zero-order valence-corrected chi connectivity index (χ0v) is 15.9. The van der Waals surface area contributed by atoms with Crippen molar-refractivity contribution in [2.24, 2.45) is 0 Å². The Balaban J connectivity index is 0.00000117. The van der Waals surface area contributed by atoms with Crippen LogP contribution >= 0.6 is 0 Å². The topological polar surface area (TPSA) is 61.0 Å². The molecule has 2 N–H and O–H groups in total. The minimum absolute atomic E-state index is 0.250. The summed E-state index contributed by atoms with van der Waals surface area (Å²) in [5.41, 5.74) is 3.55. The number of aromatic nitrogens is 2. The number of nitrogens with one attached hydrogen (secondary N) is 2. The van der Waals surface area contributed by atoms with Crippen molar-refractivity contribution in [1.29, 1.82) is 0 Å². The van der Waals surface area contributed by atoms with Crippen molar-refractivity contribution >= 4 is 29.3 Å². The summed E-state index contributed by atoms with van der Waals surface area (Å²) < 4.78 is 14.4. The second kappa shape index (κ2) is 8.58. The average Bonchev–Trinajstić information content (AvgIpc) is 3.15. The number of likely N-dealkylation sites (N-methyl/N-ethyl adjacent to an activating group) is 1. The number of aryl methyl sites for hydroxylation is 1. The van der Waals surface area contributed by atoms with Crippen LogP contribution in [0, 0.1) is 12.7 Å². The van der Waals surface area contributed by atoms with E-state index in [2.05, 4.69) is 15.3 Å². The Labute approximate surface area is 153 Å². The molecule has 1 aliphatic heterocycles. The van der Waals surface area contributed by atoms with Crippen molar-refractivity contribution in [1.82, 2.24) is 14.9 Å². The van der Waals surface area contributed by atoms with Gasteiger partial charge in [0.05, 0.1) is 17.6 Å². The van der Waals surface area contributed by atoms with Gasteiger partial charge in [0.2, 0.25) is 0 Å². The summed E-state index contributed by atoms with van der Waals surface area (Å²) in [6, 6.07) is 2.96. The van der Waals surface area contributed by atoms with Crippen molar-refractivity contribution < 1.29 is 9.18 Å². The molecule has 6 heteroatoms. The fourth-order valence-corrected chi connectivity index (χ4v) is 2.63. The van der Waals surface area contributed by atoms with Crippen LogP contribution < -0.4 is 5.32 Å². The molecule has 0 saturated heterocycles. The number of imidazole rings is 1. The monoisotopic (exact) mass is 356 g/mol. The maximum Gasteiger partial charge on any atom is 0.256 e. The predicted molar refractivity (Wildman–Crippen MR) is 105 cm³/mol. The first kappa shape index (κ1) is 19.6. The lowest BCUT2D eigenvalue weighted by molar-refractivity contribution is -0.110. The third-order valence-corrected chi connectivity index (χ3v) is 3.86. The van der Waals surface area contributed by atoms with E-state index < -0.39 is 0 Å². The molecule has 0 spiro atoms. The van der Waals surface area contributed by atoms with Crippen LogP contribution in [0.2, 0.25) is 0 Å². The van der Waals surface area contributed by atoms with Gasteiger partial charge in [-0.1, -0.05) is 26.0 Å². The van der Waals surface area contributed by atoms with Crippen LogP contribution in [-0.2, 0) is 4.79 Å². The van der Waals surface area contributed by atoms with E-state index in [9.17, 15) is 9.18 Å². The fraction of sp³-hybridized carbons (Fsp3) is 0.300. The second-order valence-corrected chi connectivity index (χ2v) is 5.97. The molecule has 1 aliphatic rings. The number of hydrogen-bond donors (Lipinski definition) is 2. The zero-order valence-electron chi connectivity index (χ0n) is 15.9. The molecule has 1 aromatic carbocycles. The van der Waals surface area contributed by atoms with Crippen LogP contribution in [0.15, 0.2) is 24.5 Å². The van der Waals surface area contributed by atoms with Gasteiger partial charge in [-0.2, -0.15) is 0 Å². The van der Waals surface area contributed by atoms with Gasteiger partial charge in [-0.25, -0.2) is 9.37 Å². The molecule has 3 rings (SSSR count). The highest BCUT2D eigenvalue weighted by molar-refractivity contribution is 6.35. The minimum atomic E-state index is -0.357. The molecule has 26 heavy (non-hydrogen) atoms. The molecule has 1 aromatic heterocycles. The number of aromatic amines is 1. The molecule has 2 heterocycles. The number of anilines is 1. The SMILES string of the molecule is CC.Cc1[nH]cnc1/C=C1\C(=O)Nc2ccc(F)c(C=CCN(C)C)c21. The number of amides is 1.